The van der Waals surface area contributed by atoms with Crippen LogP contribution in [0.4, 0.5) is 18.9 Å². The van der Waals surface area contributed by atoms with Gasteiger partial charge in [0.2, 0.25) is 5.91 Å². The fourth-order valence-electron chi connectivity index (χ4n) is 1.87. The zero-order valence-electron chi connectivity index (χ0n) is 9.17. The quantitative estimate of drug-likeness (QED) is 0.854. The molecule has 0 saturated carbocycles. The van der Waals surface area contributed by atoms with Gasteiger partial charge in [-0.3, -0.25) is 4.79 Å². The summed E-state index contributed by atoms with van der Waals surface area (Å²) in [7, 11) is 0. The molecule has 3 nitrogen and oxygen atoms in total. The predicted octanol–water partition coefficient (Wildman–Crippen LogP) is 2.21. The van der Waals surface area contributed by atoms with Crippen LogP contribution in [0.3, 0.4) is 0 Å². The maximum atomic E-state index is 12.9. The van der Waals surface area contributed by atoms with Crippen molar-refractivity contribution in [2.24, 2.45) is 0 Å². The lowest BCUT2D eigenvalue weighted by molar-refractivity contribution is -0.153. The molecule has 1 aromatic rings. The average molecular weight is 279 g/mol. The van der Waals surface area contributed by atoms with Gasteiger partial charge in [0.15, 0.2) is 0 Å². The Balaban J connectivity index is 2.37. The van der Waals surface area contributed by atoms with Crippen molar-refractivity contribution in [2.75, 3.05) is 18.0 Å². The number of alkyl halides is 3. The Morgan fingerprint density at radius 3 is 2.61 bits per heavy atom. The lowest BCUT2D eigenvalue weighted by Gasteiger charge is -2.38. The van der Waals surface area contributed by atoms with Crippen LogP contribution in [0.15, 0.2) is 24.3 Å². The van der Waals surface area contributed by atoms with E-state index in [4.69, 9.17) is 11.6 Å². The van der Waals surface area contributed by atoms with Crippen molar-refractivity contribution in [1.29, 1.82) is 0 Å². The van der Waals surface area contributed by atoms with Crippen LogP contribution in [0.25, 0.3) is 0 Å². The summed E-state index contributed by atoms with van der Waals surface area (Å²) >= 11 is 5.88. The largest absolute Gasteiger partial charge is 0.410 e. The molecule has 1 aliphatic rings. The molecular weight excluding hydrogens is 269 g/mol. The van der Waals surface area contributed by atoms with Gasteiger partial charge in [-0.15, -0.1) is 0 Å². The highest BCUT2D eigenvalue weighted by atomic mass is 35.5. The van der Waals surface area contributed by atoms with Gasteiger partial charge in [0.25, 0.3) is 0 Å². The van der Waals surface area contributed by atoms with Crippen molar-refractivity contribution < 1.29 is 18.0 Å². The highest BCUT2D eigenvalue weighted by molar-refractivity contribution is 6.33. The molecule has 1 heterocycles. The van der Waals surface area contributed by atoms with Gasteiger partial charge in [0.1, 0.15) is 6.04 Å². The smallest absolute Gasteiger partial charge is 0.352 e. The molecule has 0 aliphatic carbocycles. The van der Waals surface area contributed by atoms with E-state index in [2.05, 4.69) is 5.32 Å². The van der Waals surface area contributed by atoms with E-state index >= 15 is 0 Å². The molecule has 1 saturated heterocycles. The first-order chi connectivity index (χ1) is 8.39. The summed E-state index contributed by atoms with van der Waals surface area (Å²) in [6, 6.07) is 4.42. The van der Waals surface area contributed by atoms with E-state index in [1.54, 1.807) is 12.1 Å². The third-order valence-electron chi connectivity index (χ3n) is 2.72. The number of hydrogen-bond acceptors (Lipinski definition) is 2. The van der Waals surface area contributed by atoms with Crippen LogP contribution < -0.4 is 10.2 Å². The first-order valence-electron chi connectivity index (χ1n) is 5.24. The van der Waals surface area contributed by atoms with Crippen molar-refractivity contribution in [1.82, 2.24) is 5.32 Å². The minimum absolute atomic E-state index is 0.196. The standard InChI is InChI=1S/C11H10ClF3N2O/c12-7-3-1-2-4-8(7)17-6-10(18)16-5-9(17)11(13,14)15/h1-4,9H,5-6H2,(H,16,18). The van der Waals surface area contributed by atoms with Crippen LogP contribution in [-0.2, 0) is 4.79 Å². The minimum Gasteiger partial charge on any atom is -0.352 e. The predicted molar refractivity (Wildman–Crippen MR) is 61.7 cm³/mol. The number of halogens is 4. The molecule has 0 radical (unpaired) electrons. The minimum atomic E-state index is -4.42. The van der Waals surface area contributed by atoms with E-state index in [1.165, 1.54) is 12.1 Å². The van der Waals surface area contributed by atoms with E-state index in [-0.39, 0.29) is 17.3 Å². The number of carbonyl (C=O) groups excluding carboxylic acids is 1. The maximum absolute atomic E-state index is 12.9. The molecule has 1 N–H and O–H groups in total. The Morgan fingerprint density at radius 1 is 1.33 bits per heavy atom. The van der Waals surface area contributed by atoms with E-state index in [0.717, 1.165) is 4.90 Å². The number of nitrogens with one attached hydrogen (secondary N) is 1. The third kappa shape index (κ3) is 2.53. The Morgan fingerprint density at radius 2 is 2.00 bits per heavy atom. The van der Waals surface area contributed by atoms with E-state index in [9.17, 15) is 18.0 Å². The molecule has 1 aliphatic heterocycles. The number of para-hydroxylation sites is 1. The summed E-state index contributed by atoms with van der Waals surface area (Å²) < 4.78 is 38.7. The summed E-state index contributed by atoms with van der Waals surface area (Å²) in [5.74, 6) is -0.449. The zero-order valence-corrected chi connectivity index (χ0v) is 9.92. The number of benzene rings is 1. The Labute approximate surface area is 107 Å². The molecule has 0 spiro atoms. The van der Waals surface area contributed by atoms with E-state index in [0.29, 0.717) is 0 Å². The number of amides is 1. The molecule has 0 aromatic heterocycles. The second kappa shape index (κ2) is 4.68. The summed E-state index contributed by atoms with van der Waals surface area (Å²) in [5, 5.41) is 2.41. The van der Waals surface area contributed by atoms with Gasteiger partial charge in [0, 0.05) is 6.54 Å². The lowest BCUT2D eigenvalue weighted by Crippen LogP contribution is -2.60. The summed E-state index contributed by atoms with van der Waals surface area (Å²) in [5.41, 5.74) is 0.219. The van der Waals surface area contributed by atoms with Crippen LogP contribution in [0.5, 0.6) is 0 Å². The third-order valence-corrected chi connectivity index (χ3v) is 3.04. The van der Waals surface area contributed by atoms with Crippen LogP contribution in [0.2, 0.25) is 5.02 Å². The topological polar surface area (TPSA) is 32.3 Å². The second-order valence-electron chi connectivity index (χ2n) is 3.94. The molecule has 1 aromatic carbocycles. The molecule has 2 rings (SSSR count). The molecule has 7 heteroatoms. The van der Waals surface area contributed by atoms with Crippen molar-refractivity contribution in [3.05, 3.63) is 29.3 Å². The van der Waals surface area contributed by atoms with Crippen LogP contribution in [0.1, 0.15) is 0 Å². The number of piperazine rings is 1. The number of carbonyl (C=O) groups is 1. The van der Waals surface area contributed by atoms with Gasteiger partial charge in [-0.05, 0) is 12.1 Å². The van der Waals surface area contributed by atoms with Gasteiger partial charge in [-0.2, -0.15) is 13.2 Å². The number of hydrogen-bond donors (Lipinski definition) is 1. The summed E-state index contributed by atoms with van der Waals surface area (Å²) in [6.45, 7) is -0.818. The van der Waals surface area contributed by atoms with Crippen LogP contribution in [0, 0.1) is 0 Å². The van der Waals surface area contributed by atoms with Crippen LogP contribution in [-0.4, -0.2) is 31.2 Å². The molecule has 0 bridgehead atoms. The van der Waals surface area contributed by atoms with Gasteiger partial charge in [0.05, 0.1) is 17.3 Å². The molecule has 1 unspecified atom stereocenters. The zero-order chi connectivity index (χ0) is 13.3. The molecule has 98 valence electrons. The second-order valence-corrected chi connectivity index (χ2v) is 4.35. The van der Waals surface area contributed by atoms with Crippen molar-refractivity contribution in [2.45, 2.75) is 12.2 Å². The van der Waals surface area contributed by atoms with Gasteiger partial charge >= 0.3 is 6.18 Å². The highest BCUT2D eigenvalue weighted by Crippen LogP contribution is 2.33. The monoisotopic (exact) mass is 278 g/mol. The summed E-state index contributed by atoms with van der Waals surface area (Å²) in [6.07, 6.45) is -4.42. The number of anilines is 1. The fourth-order valence-corrected chi connectivity index (χ4v) is 2.12. The fraction of sp³-hybridized carbons (Fsp3) is 0.364. The van der Waals surface area contributed by atoms with Crippen molar-refractivity contribution >= 4 is 23.2 Å². The highest BCUT2D eigenvalue weighted by Gasteiger charge is 2.46. The molecule has 1 fully saturated rings. The number of rotatable bonds is 1. The molecule has 1 amide bonds. The maximum Gasteiger partial charge on any atom is 0.410 e. The van der Waals surface area contributed by atoms with Gasteiger partial charge < -0.3 is 10.2 Å². The van der Waals surface area contributed by atoms with Gasteiger partial charge in [-0.1, -0.05) is 23.7 Å². The first kappa shape index (κ1) is 13.0. The van der Waals surface area contributed by atoms with Crippen molar-refractivity contribution in [3.8, 4) is 0 Å². The molecule has 1 atom stereocenters. The lowest BCUT2D eigenvalue weighted by atomic mass is 10.1. The summed E-state index contributed by atoms with van der Waals surface area (Å²) in [4.78, 5) is 12.3. The van der Waals surface area contributed by atoms with Crippen LogP contribution >= 0.6 is 11.6 Å². The van der Waals surface area contributed by atoms with E-state index in [1.807, 2.05) is 0 Å². The molecular formula is C11H10ClF3N2O. The first-order valence-corrected chi connectivity index (χ1v) is 5.62. The number of nitrogens with zero attached hydrogens (tertiary/aromatic N) is 1. The molecule has 18 heavy (non-hydrogen) atoms. The normalized spacial score (nSPS) is 20.8. The van der Waals surface area contributed by atoms with Gasteiger partial charge in [-0.25, -0.2) is 0 Å². The van der Waals surface area contributed by atoms with Crippen molar-refractivity contribution in [3.63, 3.8) is 0 Å². The Bertz CT molecular complexity index is 464. The SMILES string of the molecule is O=C1CN(c2ccccc2Cl)C(C(F)(F)F)CN1. The average Bonchev–Trinajstić information content (AvgIpc) is 2.27. The van der Waals surface area contributed by atoms with E-state index < -0.39 is 24.7 Å². The Kier molecular flexibility index (Phi) is 3.38. The Hall–Kier alpha value is -1.43.